The van der Waals surface area contributed by atoms with Crippen LogP contribution in [0.25, 0.3) is 0 Å². The van der Waals surface area contributed by atoms with Crippen molar-refractivity contribution in [2.75, 3.05) is 19.8 Å². The molecule has 0 fully saturated rings. The summed E-state index contributed by atoms with van der Waals surface area (Å²) in [6, 6.07) is 10.3. The molecule has 0 heterocycles. The summed E-state index contributed by atoms with van der Waals surface area (Å²) in [5.41, 5.74) is 1.32. The van der Waals surface area contributed by atoms with E-state index in [1.54, 1.807) is 0 Å². The van der Waals surface area contributed by atoms with E-state index in [4.69, 9.17) is 35.7 Å². The number of carbonyl (C=O) groups excluding carboxylic acids is 2. The Bertz CT molecular complexity index is 370. The van der Waals surface area contributed by atoms with Crippen molar-refractivity contribution in [2.24, 2.45) is 5.92 Å². The first-order chi connectivity index (χ1) is 10.6. The Balaban J connectivity index is -0.000000246. The summed E-state index contributed by atoms with van der Waals surface area (Å²) in [4.78, 5) is 16.7. The number of aryl methyl sites for hydroxylation is 1. The predicted molar refractivity (Wildman–Crippen MR) is 82.0 cm³/mol. The summed E-state index contributed by atoms with van der Waals surface area (Å²) in [5.74, 6) is -0.0443. The van der Waals surface area contributed by atoms with E-state index in [0.717, 1.165) is 12.2 Å². The van der Waals surface area contributed by atoms with Gasteiger partial charge in [0.15, 0.2) is 0 Å². The van der Waals surface area contributed by atoms with E-state index in [1.807, 2.05) is 18.2 Å². The first kappa shape index (κ1) is 24.9. The molecular weight excluding hydrogens is 288 g/mol. The molecule has 0 radical (unpaired) electrons. The molecule has 0 aliphatic carbocycles. The molecule has 5 N–H and O–H groups in total. The third-order valence-electron chi connectivity index (χ3n) is 2.23. The zero-order valence-electron chi connectivity index (χ0n) is 12.7. The van der Waals surface area contributed by atoms with Crippen LogP contribution in [-0.2, 0) is 9.59 Å². The molecule has 0 aromatic heterocycles. The molecule has 0 aliphatic rings. The smallest absolute Gasteiger partial charge is 0.231 e. The van der Waals surface area contributed by atoms with Crippen molar-refractivity contribution in [3.63, 3.8) is 0 Å². The number of rotatable bonds is 5. The molecule has 1 aromatic rings. The van der Waals surface area contributed by atoms with Crippen molar-refractivity contribution in [3.8, 4) is 0 Å². The molecule has 7 nitrogen and oxygen atoms in total. The van der Waals surface area contributed by atoms with Gasteiger partial charge in [-0.1, -0.05) is 35.9 Å². The standard InChI is InChI=1S/C7H8.C6H14O3.2CHNO/c1-7-5-3-2-4-6-7;7-3-1-2-6(4-8)5-9;2*2-1-3/h2-6H,1H3;6-9H,1-5H2;2*2H. The highest BCUT2D eigenvalue weighted by Crippen LogP contribution is 2.02. The van der Waals surface area contributed by atoms with Gasteiger partial charge in [0.25, 0.3) is 0 Å². The van der Waals surface area contributed by atoms with Crippen LogP contribution in [0.3, 0.4) is 0 Å². The molecule has 22 heavy (non-hydrogen) atoms. The van der Waals surface area contributed by atoms with Crippen molar-refractivity contribution >= 4 is 12.2 Å². The highest BCUT2D eigenvalue weighted by molar-refractivity contribution is 5.26. The maximum absolute atomic E-state index is 8.51. The Hall–Kier alpha value is -2.14. The van der Waals surface area contributed by atoms with Crippen LogP contribution in [-0.4, -0.2) is 47.3 Å². The number of nitrogens with one attached hydrogen (secondary N) is 2. The highest BCUT2D eigenvalue weighted by Gasteiger charge is 2.03. The van der Waals surface area contributed by atoms with Gasteiger partial charge in [-0.05, 0) is 19.8 Å². The second-order valence-corrected chi connectivity index (χ2v) is 3.96. The number of hydrogen-bond acceptors (Lipinski definition) is 7. The number of hydrogen-bond donors (Lipinski definition) is 5. The fourth-order valence-corrected chi connectivity index (χ4v) is 1.15. The van der Waals surface area contributed by atoms with Crippen LogP contribution < -0.4 is 0 Å². The molecule has 0 unspecified atom stereocenters. The summed E-state index contributed by atoms with van der Waals surface area (Å²) in [6.45, 7) is 2.24. The van der Waals surface area contributed by atoms with Crippen LogP contribution >= 0.6 is 0 Å². The normalized spacial score (nSPS) is 7.86. The average Bonchev–Trinajstić information content (AvgIpc) is 2.51. The molecule has 0 saturated heterocycles. The summed E-state index contributed by atoms with van der Waals surface area (Å²) < 4.78 is 0. The van der Waals surface area contributed by atoms with Crippen molar-refractivity contribution in [1.82, 2.24) is 0 Å². The lowest BCUT2D eigenvalue weighted by molar-refractivity contribution is 0.136. The maximum atomic E-state index is 8.51. The van der Waals surface area contributed by atoms with Crippen LogP contribution in [0.4, 0.5) is 0 Å². The lowest BCUT2D eigenvalue weighted by Crippen LogP contribution is -2.11. The second-order valence-electron chi connectivity index (χ2n) is 3.96. The third-order valence-corrected chi connectivity index (χ3v) is 2.23. The first-order valence-corrected chi connectivity index (χ1v) is 6.49. The topological polar surface area (TPSA) is 143 Å². The van der Waals surface area contributed by atoms with Crippen LogP contribution in [0.15, 0.2) is 30.3 Å². The molecule has 0 aliphatic heterocycles. The molecule has 0 spiro atoms. The fourth-order valence-electron chi connectivity index (χ4n) is 1.15. The van der Waals surface area contributed by atoms with Gasteiger partial charge in [0.05, 0.1) is 0 Å². The van der Waals surface area contributed by atoms with E-state index >= 15 is 0 Å². The largest absolute Gasteiger partial charge is 0.396 e. The SMILES string of the molecule is Cc1ccccc1.N=C=O.N=C=O.OCCCC(CO)CO. The van der Waals surface area contributed by atoms with Crippen LogP contribution in [0.1, 0.15) is 18.4 Å². The van der Waals surface area contributed by atoms with Crippen molar-refractivity contribution < 1.29 is 24.9 Å². The minimum atomic E-state index is -0.0443. The van der Waals surface area contributed by atoms with Crippen LogP contribution in [0, 0.1) is 23.7 Å². The van der Waals surface area contributed by atoms with Crippen LogP contribution in [0.5, 0.6) is 0 Å². The van der Waals surface area contributed by atoms with Crippen molar-refractivity contribution in [3.05, 3.63) is 35.9 Å². The van der Waals surface area contributed by atoms with Gasteiger partial charge in [0, 0.05) is 25.7 Å². The van der Waals surface area contributed by atoms with E-state index in [-0.39, 0.29) is 25.7 Å². The highest BCUT2D eigenvalue weighted by atomic mass is 16.3. The van der Waals surface area contributed by atoms with Crippen LogP contribution in [0.2, 0.25) is 0 Å². The molecular formula is C15H24N2O5. The molecule has 0 amide bonds. The van der Waals surface area contributed by atoms with Crippen molar-refractivity contribution in [1.29, 1.82) is 10.8 Å². The van der Waals surface area contributed by atoms with E-state index < -0.39 is 0 Å². The number of isocyanates is 2. The van der Waals surface area contributed by atoms with E-state index in [1.165, 1.54) is 5.56 Å². The Morgan fingerprint density at radius 3 is 1.64 bits per heavy atom. The summed E-state index contributed by atoms with van der Waals surface area (Å²) in [7, 11) is 0. The second kappa shape index (κ2) is 23.9. The molecule has 0 bridgehead atoms. The minimum Gasteiger partial charge on any atom is -0.396 e. The monoisotopic (exact) mass is 312 g/mol. The lowest BCUT2D eigenvalue weighted by Gasteiger charge is -2.07. The molecule has 0 saturated carbocycles. The minimum absolute atomic E-state index is 0.0104. The van der Waals surface area contributed by atoms with E-state index in [9.17, 15) is 0 Å². The zero-order valence-corrected chi connectivity index (χ0v) is 12.7. The number of aliphatic hydroxyl groups excluding tert-OH is 3. The maximum Gasteiger partial charge on any atom is 0.231 e. The summed E-state index contributed by atoms with van der Waals surface area (Å²) in [5, 5.41) is 36.2. The Morgan fingerprint density at radius 2 is 1.41 bits per heavy atom. The van der Waals surface area contributed by atoms with Gasteiger partial charge >= 0.3 is 0 Å². The first-order valence-electron chi connectivity index (χ1n) is 6.49. The summed E-state index contributed by atoms with van der Waals surface area (Å²) in [6.07, 6.45) is 2.86. The molecule has 1 rings (SSSR count). The molecule has 7 heteroatoms. The predicted octanol–water partition coefficient (Wildman–Crippen LogP) is 1.16. The zero-order chi connectivity index (χ0) is 17.6. The fraction of sp³-hybridized carbons (Fsp3) is 0.467. The quantitative estimate of drug-likeness (QED) is 0.409. The Labute approximate surface area is 130 Å². The van der Waals surface area contributed by atoms with E-state index in [2.05, 4.69) is 19.1 Å². The van der Waals surface area contributed by atoms with Gasteiger partial charge in [0.2, 0.25) is 12.2 Å². The average molecular weight is 312 g/mol. The molecule has 0 atom stereocenters. The summed E-state index contributed by atoms with van der Waals surface area (Å²) >= 11 is 0. The van der Waals surface area contributed by atoms with E-state index in [0.29, 0.717) is 12.8 Å². The van der Waals surface area contributed by atoms with Gasteiger partial charge in [-0.25, -0.2) is 20.4 Å². The van der Waals surface area contributed by atoms with Gasteiger partial charge in [-0.2, -0.15) is 0 Å². The number of benzene rings is 1. The molecule has 1 aromatic carbocycles. The Morgan fingerprint density at radius 1 is 1.00 bits per heavy atom. The number of aliphatic hydroxyl groups is 3. The Kier molecular flexibility index (Phi) is 27.0. The van der Waals surface area contributed by atoms with Crippen molar-refractivity contribution in [2.45, 2.75) is 19.8 Å². The van der Waals surface area contributed by atoms with Gasteiger partial charge < -0.3 is 15.3 Å². The van der Waals surface area contributed by atoms with Gasteiger partial charge in [-0.3, -0.25) is 0 Å². The third kappa shape index (κ3) is 26.4. The van der Waals surface area contributed by atoms with Gasteiger partial charge in [0.1, 0.15) is 0 Å². The molecule has 124 valence electrons. The van der Waals surface area contributed by atoms with Gasteiger partial charge in [-0.15, -0.1) is 0 Å². The lowest BCUT2D eigenvalue weighted by atomic mass is 10.1.